The summed E-state index contributed by atoms with van der Waals surface area (Å²) in [5.41, 5.74) is 2.42. The van der Waals surface area contributed by atoms with Crippen molar-refractivity contribution in [3.8, 4) is 0 Å². The number of rotatable bonds is 3. The Bertz CT molecular complexity index is 595. The number of hydrogen-bond donors (Lipinski definition) is 1. The number of carbonyl (C=O) groups is 1. The normalized spacial score (nSPS) is 15.2. The van der Waals surface area contributed by atoms with Crippen molar-refractivity contribution in [2.75, 3.05) is 6.54 Å². The maximum atomic E-state index is 11.2. The van der Waals surface area contributed by atoms with Gasteiger partial charge in [-0.2, -0.15) is 4.98 Å². The number of aromatic nitrogens is 2. The summed E-state index contributed by atoms with van der Waals surface area (Å²) in [6, 6.07) is 5.43. The number of carboxylic acids is 1. The van der Waals surface area contributed by atoms with Gasteiger partial charge in [-0.3, -0.25) is 4.90 Å². The molecule has 0 aliphatic carbocycles. The molecule has 0 saturated heterocycles. The molecular formula is C13H13N3O3. The average molecular weight is 259 g/mol. The molecule has 98 valence electrons. The molecule has 1 aromatic heterocycles. The van der Waals surface area contributed by atoms with Gasteiger partial charge in [0.1, 0.15) is 0 Å². The van der Waals surface area contributed by atoms with Crippen LogP contribution in [0.15, 0.2) is 29.1 Å². The largest absolute Gasteiger partial charge is 0.478 e. The van der Waals surface area contributed by atoms with E-state index in [2.05, 4.69) is 15.0 Å². The Morgan fingerprint density at radius 3 is 3.11 bits per heavy atom. The monoisotopic (exact) mass is 259 g/mol. The summed E-state index contributed by atoms with van der Waals surface area (Å²) < 4.78 is 4.71. The highest BCUT2D eigenvalue weighted by atomic mass is 16.5. The third kappa shape index (κ3) is 2.34. The first-order valence-corrected chi connectivity index (χ1v) is 6.05. The molecule has 1 N–H and O–H groups in total. The van der Waals surface area contributed by atoms with Gasteiger partial charge in [0.2, 0.25) is 6.39 Å². The first kappa shape index (κ1) is 11.9. The Kier molecular flexibility index (Phi) is 3.00. The van der Waals surface area contributed by atoms with E-state index in [0.717, 1.165) is 24.1 Å². The molecule has 0 unspecified atom stereocenters. The Morgan fingerprint density at radius 2 is 2.37 bits per heavy atom. The van der Waals surface area contributed by atoms with Crippen molar-refractivity contribution >= 4 is 5.97 Å². The smallest absolute Gasteiger partial charge is 0.335 e. The molecule has 2 heterocycles. The van der Waals surface area contributed by atoms with Crippen LogP contribution in [0.25, 0.3) is 0 Å². The second-order valence-corrected chi connectivity index (χ2v) is 4.56. The lowest BCUT2D eigenvalue weighted by atomic mass is 9.94. The fourth-order valence-corrected chi connectivity index (χ4v) is 2.47. The van der Waals surface area contributed by atoms with E-state index in [1.54, 1.807) is 12.1 Å². The van der Waals surface area contributed by atoms with E-state index in [9.17, 15) is 4.79 Å². The molecule has 0 amide bonds. The molecule has 1 aliphatic heterocycles. The van der Waals surface area contributed by atoms with Gasteiger partial charge < -0.3 is 9.63 Å². The second kappa shape index (κ2) is 4.81. The van der Waals surface area contributed by atoms with Crippen molar-refractivity contribution < 1.29 is 14.4 Å². The van der Waals surface area contributed by atoms with Gasteiger partial charge in [-0.1, -0.05) is 17.3 Å². The van der Waals surface area contributed by atoms with Crippen LogP contribution in [0.5, 0.6) is 0 Å². The maximum Gasteiger partial charge on any atom is 0.335 e. The van der Waals surface area contributed by atoms with E-state index in [0.29, 0.717) is 24.5 Å². The third-order valence-corrected chi connectivity index (χ3v) is 3.35. The first-order chi connectivity index (χ1) is 9.24. The van der Waals surface area contributed by atoms with Crippen molar-refractivity contribution in [2.45, 2.75) is 19.5 Å². The Morgan fingerprint density at radius 1 is 1.47 bits per heavy atom. The zero-order chi connectivity index (χ0) is 13.2. The lowest BCUT2D eigenvalue weighted by Crippen LogP contribution is -2.31. The van der Waals surface area contributed by atoms with Crippen molar-refractivity contribution in [2.24, 2.45) is 0 Å². The molecule has 0 saturated carbocycles. The SMILES string of the molecule is O=C(O)c1cccc2c1CCN(Cc1ncon1)C2. The predicted molar refractivity (Wildman–Crippen MR) is 65.5 cm³/mol. The number of fused-ring (bicyclic) bond motifs is 1. The van der Waals surface area contributed by atoms with Gasteiger partial charge in [0, 0.05) is 13.1 Å². The van der Waals surface area contributed by atoms with Gasteiger partial charge >= 0.3 is 5.97 Å². The van der Waals surface area contributed by atoms with Gasteiger partial charge in [0.05, 0.1) is 12.1 Å². The summed E-state index contributed by atoms with van der Waals surface area (Å²) in [6.45, 7) is 2.13. The average Bonchev–Trinajstić information content (AvgIpc) is 2.90. The van der Waals surface area contributed by atoms with Gasteiger partial charge in [-0.15, -0.1) is 0 Å². The lowest BCUT2D eigenvalue weighted by Gasteiger charge is -2.28. The van der Waals surface area contributed by atoms with Crippen molar-refractivity contribution in [3.63, 3.8) is 0 Å². The molecule has 6 heteroatoms. The summed E-state index contributed by atoms with van der Waals surface area (Å²) in [4.78, 5) is 17.3. The predicted octanol–water partition coefficient (Wildman–Crippen LogP) is 1.33. The van der Waals surface area contributed by atoms with E-state index in [1.807, 2.05) is 6.07 Å². The number of hydrogen-bond acceptors (Lipinski definition) is 5. The van der Waals surface area contributed by atoms with E-state index in [-0.39, 0.29) is 0 Å². The lowest BCUT2D eigenvalue weighted by molar-refractivity contribution is 0.0694. The molecule has 0 bridgehead atoms. The van der Waals surface area contributed by atoms with Crippen LogP contribution in [0, 0.1) is 0 Å². The van der Waals surface area contributed by atoms with Crippen molar-refractivity contribution in [1.82, 2.24) is 15.0 Å². The van der Waals surface area contributed by atoms with Gasteiger partial charge in [-0.25, -0.2) is 4.79 Å². The summed E-state index contributed by atoms with van der Waals surface area (Å²) >= 11 is 0. The van der Waals surface area contributed by atoms with Crippen LogP contribution in [0.3, 0.4) is 0 Å². The molecule has 2 aromatic rings. The Balaban J connectivity index is 1.81. The molecule has 1 aromatic carbocycles. The second-order valence-electron chi connectivity index (χ2n) is 4.56. The third-order valence-electron chi connectivity index (χ3n) is 3.35. The fourth-order valence-electron chi connectivity index (χ4n) is 2.47. The summed E-state index contributed by atoms with van der Waals surface area (Å²) in [5.74, 6) is -0.207. The molecule has 6 nitrogen and oxygen atoms in total. The zero-order valence-corrected chi connectivity index (χ0v) is 10.2. The topological polar surface area (TPSA) is 79.5 Å². The quantitative estimate of drug-likeness (QED) is 0.895. The van der Waals surface area contributed by atoms with Crippen molar-refractivity contribution in [3.05, 3.63) is 47.1 Å². The Hall–Kier alpha value is -2.21. The summed E-state index contributed by atoms with van der Waals surface area (Å²) in [5, 5.41) is 13.0. The van der Waals surface area contributed by atoms with Crippen LogP contribution >= 0.6 is 0 Å². The molecule has 19 heavy (non-hydrogen) atoms. The van der Waals surface area contributed by atoms with Crippen LogP contribution < -0.4 is 0 Å². The molecule has 3 rings (SSSR count). The standard InChI is InChI=1S/C13H13N3O3/c17-13(18)11-3-1-2-9-6-16(5-4-10(9)11)7-12-14-8-19-15-12/h1-3,8H,4-7H2,(H,17,18). The molecule has 0 fully saturated rings. The van der Waals surface area contributed by atoms with E-state index in [1.165, 1.54) is 6.39 Å². The van der Waals surface area contributed by atoms with Gasteiger partial charge in [-0.05, 0) is 23.6 Å². The minimum Gasteiger partial charge on any atom is -0.478 e. The van der Waals surface area contributed by atoms with Gasteiger partial charge in [0.15, 0.2) is 5.82 Å². The highest BCUT2D eigenvalue weighted by molar-refractivity contribution is 5.89. The number of aromatic carboxylic acids is 1. The fraction of sp³-hybridized carbons (Fsp3) is 0.308. The van der Waals surface area contributed by atoms with E-state index >= 15 is 0 Å². The van der Waals surface area contributed by atoms with E-state index < -0.39 is 5.97 Å². The number of benzene rings is 1. The van der Waals surface area contributed by atoms with Crippen LogP contribution in [0.4, 0.5) is 0 Å². The van der Waals surface area contributed by atoms with Crippen molar-refractivity contribution in [1.29, 1.82) is 0 Å². The summed E-state index contributed by atoms with van der Waals surface area (Å²) in [7, 11) is 0. The van der Waals surface area contributed by atoms with Gasteiger partial charge in [0.25, 0.3) is 0 Å². The van der Waals surface area contributed by atoms with Crippen LogP contribution in [-0.4, -0.2) is 32.7 Å². The maximum absolute atomic E-state index is 11.2. The van der Waals surface area contributed by atoms with Crippen LogP contribution in [0.2, 0.25) is 0 Å². The number of nitrogens with zero attached hydrogens (tertiary/aromatic N) is 3. The minimum absolute atomic E-state index is 0.414. The first-order valence-electron chi connectivity index (χ1n) is 6.05. The highest BCUT2D eigenvalue weighted by Crippen LogP contribution is 2.23. The molecule has 0 atom stereocenters. The van der Waals surface area contributed by atoms with Crippen LogP contribution in [-0.2, 0) is 19.5 Å². The molecule has 0 spiro atoms. The molecule has 0 radical (unpaired) electrons. The molecule has 1 aliphatic rings. The minimum atomic E-state index is -0.858. The number of carboxylic acid groups (broad SMARTS) is 1. The van der Waals surface area contributed by atoms with E-state index in [4.69, 9.17) is 9.63 Å². The highest BCUT2D eigenvalue weighted by Gasteiger charge is 2.21. The molecular weight excluding hydrogens is 246 g/mol. The summed E-state index contributed by atoms with van der Waals surface area (Å²) in [6.07, 6.45) is 2.05. The zero-order valence-electron chi connectivity index (χ0n) is 10.2. The Labute approximate surface area is 109 Å². The van der Waals surface area contributed by atoms with Crippen LogP contribution in [0.1, 0.15) is 27.3 Å².